The van der Waals surface area contributed by atoms with Gasteiger partial charge in [-0.25, -0.2) is 0 Å². The summed E-state index contributed by atoms with van der Waals surface area (Å²) in [4.78, 5) is 14.6. The van der Waals surface area contributed by atoms with Gasteiger partial charge in [-0.05, 0) is 6.92 Å². The molecule has 20 heavy (non-hydrogen) atoms. The van der Waals surface area contributed by atoms with Crippen molar-refractivity contribution in [2.75, 3.05) is 36.0 Å². The standard InChI is InChI=1S/C13H18N4OS2/c1-3-16-12(18)11-10(15)9(6-14)13(20-11)17-4-5-19-8(2)7-17/h8H,3-5,7,15H2,1-2H3,(H,16,18). The zero-order chi connectivity index (χ0) is 14.7. The molecule has 1 aliphatic heterocycles. The maximum Gasteiger partial charge on any atom is 0.263 e. The van der Waals surface area contributed by atoms with Crippen molar-refractivity contribution in [2.45, 2.75) is 19.1 Å². The van der Waals surface area contributed by atoms with E-state index in [0.29, 0.717) is 27.9 Å². The number of anilines is 2. The Balaban J connectivity index is 2.36. The minimum atomic E-state index is -0.197. The second-order valence-electron chi connectivity index (χ2n) is 4.62. The first-order valence-corrected chi connectivity index (χ1v) is 8.42. The molecule has 1 amide bonds. The average Bonchev–Trinajstić information content (AvgIpc) is 2.76. The van der Waals surface area contributed by atoms with Gasteiger partial charge in [0.15, 0.2) is 0 Å². The van der Waals surface area contributed by atoms with Gasteiger partial charge in [0, 0.05) is 30.6 Å². The lowest BCUT2D eigenvalue weighted by Gasteiger charge is -2.31. The fraction of sp³-hybridized carbons (Fsp3) is 0.538. The molecule has 1 aliphatic rings. The number of rotatable bonds is 3. The van der Waals surface area contributed by atoms with Crippen LogP contribution in [0.25, 0.3) is 0 Å². The monoisotopic (exact) mass is 310 g/mol. The smallest absolute Gasteiger partial charge is 0.263 e. The van der Waals surface area contributed by atoms with Crippen LogP contribution in [0.2, 0.25) is 0 Å². The molecule has 1 aromatic heterocycles. The fourth-order valence-corrected chi connectivity index (χ4v) is 4.31. The van der Waals surface area contributed by atoms with Crippen molar-refractivity contribution in [1.29, 1.82) is 5.26 Å². The highest BCUT2D eigenvalue weighted by atomic mass is 32.2. The van der Waals surface area contributed by atoms with Crippen LogP contribution in [0.5, 0.6) is 0 Å². The van der Waals surface area contributed by atoms with Gasteiger partial charge in [-0.15, -0.1) is 11.3 Å². The summed E-state index contributed by atoms with van der Waals surface area (Å²) < 4.78 is 0. The van der Waals surface area contributed by atoms with Crippen LogP contribution in [0.3, 0.4) is 0 Å². The fourth-order valence-electron chi connectivity index (χ4n) is 2.17. The quantitative estimate of drug-likeness (QED) is 0.891. The molecule has 7 heteroatoms. The van der Waals surface area contributed by atoms with Crippen molar-refractivity contribution >= 4 is 39.7 Å². The van der Waals surface area contributed by atoms with Crippen LogP contribution in [0.1, 0.15) is 29.1 Å². The SMILES string of the molecule is CCNC(=O)c1sc(N2CCSC(C)C2)c(C#N)c1N. The van der Waals surface area contributed by atoms with Gasteiger partial charge < -0.3 is 16.0 Å². The molecule has 108 valence electrons. The Hall–Kier alpha value is -1.39. The first kappa shape index (κ1) is 15.0. The van der Waals surface area contributed by atoms with Crippen molar-refractivity contribution in [3.8, 4) is 6.07 Å². The number of nitrogens with zero attached hydrogens (tertiary/aromatic N) is 2. The van der Waals surface area contributed by atoms with Crippen molar-refractivity contribution in [2.24, 2.45) is 0 Å². The van der Waals surface area contributed by atoms with Crippen molar-refractivity contribution in [3.63, 3.8) is 0 Å². The molecule has 5 nitrogen and oxygen atoms in total. The summed E-state index contributed by atoms with van der Waals surface area (Å²) in [5.41, 5.74) is 6.73. The summed E-state index contributed by atoms with van der Waals surface area (Å²) in [5.74, 6) is 0.831. The topological polar surface area (TPSA) is 82.2 Å². The van der Waals surface area contributed by atoms with E-state index in [1.165, 1.54) is 11.3 Å². The summed E-state index contributed by atoms with van der Waals surface area (Å²) in [6, 6.07) is 2.15. The Labute approximate surface area is 127 Å². The summed E-state index contributed by atoms with van der Waals surface area (Å²) in [6.07, 6.45) is 0. The van der Waals surface area contributed by atoms with E-state index >= 15 is 0 Å². The summed E-state index contributed by atoms with van der Waals surface area (Å²) in [5, 5.41) is 13.4. The van der Waals surface area contributed by atoms with Gasteiger partial charge in [0.25, 0.3) is 5.91 Å². The number of hydrogen-bond donors (Lipinski definition) is 2. The normalized spacial score (nSPS) is 18.6. The van der Waals surface area contributed by atoms with Gasteiger partial charge in [0.2, 0.25) is 0 Å². The number of thiophene rings is 1. The van der Waals surface area contributed by atoms with Crippen molar-refractivity contribution in [1.82, 2.24) is 5.32 Å². The number of amides is 1. The first-order chi connectivity index (χ1) is 9.58. The number of nitriles is 1. The zero-order valence-electron chi connectivity index (χ0n) is 11.6. The van der Waals surface area contributed by atoms with Gasteiger partial charge in [0.05, 0.1) is 5.69 Å². The van der Waals surface area contributed by atoms with Gasteiger partial charge in [0.1, 0.15) is 21.5 Å². The van der Waals surface area contributed by atoms with Gasteiger partial charge in [-0.2, -0.15) is 17.0 Å². The largest absolute Gasteiger partial charge is 0.396 e. The molecule has 1 saturated heterocycles. The number of hydrogen-bond acceptors (Lipinski definition) is 6. The van der Waals surface area contributed by atoms with E-state index in [4.69, 9.17) is 5.73 Å². The summed E-state index contributed by atoms with van der Waals surface area (Å²) in [7, 11) is 0. The van der Waals surface area contributed by atoms with Crippen molar-refractivity contribution in [3.05, 3.63) is 10.4 Å². The number of nitrogens with one attached hydrogen (secondary N) is 1. The Bertz CT molecular complexity index is 549. The molecule has 0 aromatic carbocycles. The highest BCUT2D eigenvalue weighted by Crippen LogP contribution is 2.39. The molecule has 2 rings (SSSR count). The lowest BCUT2D eigenvalue weighted by Crippen LogP contribution is -2.36. The van der Waals surface area contributed by atoms with Gasteiger partial charge >= 0.3 is 0 Å². The third-order valence-electron chi connectivity index (χ3n) is 3.11. The van der Waals surface area contributed by atoms with Crippen LogP contribution >= 0.6 is 23.1 Å². The lowest BCUT2D eigenvalue weighted by atomic mass is 10.2. The van der Waals surface area contributed by atoms with Gasteiger partial charge in [-0.1, -0.05) is 6.92 Å². The van der Waals surface area contributed by atoms with E-state index < -0.39 is 0 Å². The molecule has 1 fully saturated rings. The number of nitrogen functional groups attached to an aromatic ring is 1. The minimum Gasteiger partial charge on any atom is -0.396 e. The number of carbonyl (C=O) groups excluding carboxylic acids is 1. The Morgan fingerprint density at radius 2 is 2.40 bits per heavy atom. The molecule has 1 aromatic rings. The third-order valence-corrected chi connectivity index (χ3v) is 5.51. The molecule has 0 bridgehead atoms. The maximum atomic E-state index is 12.0. The minimum absolute atomic E-state index is 0.197. The van der Waals surface area contributed by atoms with Crippen LogP contribution in [0.4, 0.5) is 10.7 Å². The molecule has 0 aliphatic carbocycles. The molecule has 1 unspecified atom stereocenters. The van der Waals surface area contributed by atoms with E-state index in [9.17, 15) is 10.1 Å². The number of thioether (sulfide) groups is 1. The Morgan fingerprint density at radius 1 is 1.65 bits per heavy atom. The van der Waals surface area contributed by atoms with E-state index in [1.54, 1.807) is 0 Å². The van der Waals surface area contributed by atoms with E-state index in [2.05, 4.69) is 23.2 Å². The zero-order valence-corrected chi connectivity index (χ0v) is 13.2. The van der Waals surface area contributed by atoms with E-state index in [1.807, 2.05) is 18.7 Å². The first-order valence-electron chi connectivity index (χ1n) is 6.55. The van der Waals surface area contributed by atoms with E-state index in [0.717, 1.165) is 23.8 Å². The average molecular weight is 310 g/mol. The second kappa shape index (κ2) is 6.37. The van der Waals surface area contributed by atoms with Crippen LogP contribution in [-0.2, 0) is 0 Å². The molecular formula is C13H18N4OS2. The highest BCUT2D eigenvalue weighted by molar-refractivity contribution is 8.00. The Kier molecular flexibility index (Phi) is 4.78. The van der Waals surface area contributed by atoms with Crippen LogP contribution in [0, 0.1) is 11.3 Å². The molecule has 1 atom stereocenters. The second-order valence-corrected chi connectivity index (χ2v) is 7.17. The molecular weight excluding hydrogens is 292 g/mol. The van der Waals surface area contributed by atoms with Crippen LogP contribution in [0.15, 0.2) is 0 Å². The summed E-state index contributed by atoms with van der Waals surface area (Å²) in [6.45, 7) is 6.35. The van der Waals surface area contributed by atoms with Gasteiger partial charge in [-0.3, -0.25) is 4.79 Å². The molecule has 0 saturated carbocycles. The van der Waals surface area contributed by atoms with E-state index in [-0.39, 0.29) is 5.91 Å². The van der Waals surface area contributed by atoms with Crippen molar-refractivity contribution < 1.29 is 4.79 Å². The lowest BCUT2D eigenvalue weighted by molar-refractivity contribution is 0.0960. The summed E-state index contributed by atoms with van der Waals surface area (Å²) >= 11 is 3.25. The number of nitrogens with two attached hydrogens (primary N) is 1. The highest BCUT2D eigenvalue weighted by Gasteiger charge is 2.26. The van der Waals surface area contributed by atoms with Crippen LogP contribution in [-0.4, -0.2) is 36.5 Å². The number of carbonyl (C=O) groups is 1. The molecule has 3 N–H and O–H groups in total. The maximum absolute atomic E-state index is 12.0. The van der Waals surface area contributed by atoms with Crippen LogP contribution < -0.4 is 16.0 Å². The predicted octanol–water partition coefficient (Wildman–Crippen LogP) is 1.89. The third kappa shape index (κ3) is 2.86. The predicted molar refractivity (Wildman–Crippen MR) is 85.6 cm³/mol. The molecule has 0 spiro atoms. The molecule has 2 heterocycles. The molecule has 0 radical (unpaired) electrons. The Morgan fingerprint density at radius 3 is 3.00 bits per heavy atom.